The predicted octanol–water partition coefficient (Wildman–Crippen LogP) is 6.71. The third-order valence-electron chi connectivity index (χ3n) is 7.80. The van der Waals surface area contributed by atoms with Crippen molar-refractivity contribution in [1.29, 1.82) is 0 Å². The fourth-order valence-corrected chi connectivity index (χ4v) is 7.44. The zero-order chi connectivity index (χ0) is 28.8. The topological polar surface area (TPSA) is 100 Å². The summed E-state index contributed by atoms with van der Waals surface area (Å²) in [6.07, 6.45) is 9.54. The Morgan fingerprint density at radius 3 is 2.37 bits per heavy atom. The lowest BCUT2D eigenvalue weighted by molar-refractivity contribution is 0.595. The summed E-state index contributed by atoms with van der Waals surface area (Å²) in [7, 11) is -5.34. The molecule has 6 rings (SSSR count). The Hall–Kier alpha value is -3.95. The van der Waals surface area contributed by atoms with Crippen molar-refractivity contribution in [2.24, 2.45) is 0 Å². The van der Waals surface area contributed by atoms with Crippen LogP contribution in [0.4, 0.5) is 5.69 Å². The van der Waals surface area contributed by atoms with Crippen molar-refractivity contribution in [2.75, 3.05) is 17.6 Å². The van der Waals surface area contributed by atoms with Gasteiger partial charge in [-0.15, -0.1) is 0 Å². The van der Waals surface area contributed by atoms with Crippen LogP contribution in [0.2, 0.25) is 0 Å². The molecular formula is C32H31N3O4S2. The van der Waals surface area contributed by atoms with E-state index < -0.39 is 19.9 Å². The smallest absolute Gasteiger partial charge is 0.231 e. The fraction of sp³-hybridized carbons (Fsp3) is 0.219. The zero-order valence-electron chi connectivity index (χ0n) is 23.0. The standard InChI is InChI=1S/C32H31N3O4S2/c1-35(40(2,36)37)25-16-14-23(15-17-25)28-20-33-32-31(30(28)24-9-5-3-6-10-24)27-19-22(13-18-29(27)34-32)21-41(38,39)26-11-7-4-8-12-26/h4,7-9,11-20H,3,5-6,10,21H2,1-2H3,(H,33,34). The predicted molar refractivity (Wildman–Crippen MR) is 166 cm³/mol. The lowest BCUT2D eigenvalue weighted by Gasteiger charge is -2.20. The van der Waals surface area contributed by atoms with Crippen LogP contribution in [0.15, 0.2) is 90.0 Å². The van der Waals surface area contributed by atoms with Gasteiger partial charge < -0.3 is 4.98 Å². The van der Waals surface area contributed by atoms with Crippen LogP contribution in [-0.4, -0.2) is 40.1 Å². The van der Waals surface area contributed by atoms with Gasteiger partial charge in [-0.25, -0.2) is 21.8 Å². The number of aromatic amines is 1. The molecule has 9 heteroatoms. The number of hydrogen-bond donors (Lipinski definition) is 1. The molecule has 2 heterocycles. The summed E-state index contributed by atoms with van der Waals surface area (Å²) in [4.78, 5) is 8.54. The first kappa shape index (κ1) is 27.2. The molecule has 0 unspecified atom stereocenters. The molecule has 1 aliphatic rings. The lowest BCUT2D eigenvalue weighted by atomic mass is 9.87. The maximum atomic E-state index is 13.2. The number of nitrogens with zero attached hydrogens (tertiary/aromatic N) is 2. The van der Waals surface area contributed by atoms with Gasteiger partial charge in [0, 0.05) is 35.1 Å². The highest BCUT2D eigenvalue weighted by molar-refractivity contribution is 7.92. The van der Waals surface area contributed by atoms with Gasteiger partial charge in [-0.1, -0.05) is 42.5 Å². The number of H-pyrrole nitrogens is 1. The molecule has 2 aromatic heterocycles. The summed E-state index contributed by atoms with van der Waals surface area (Å²) in [6.45, 7) is 0. The van der Waals surface area contributed by atoms with Crippen molar-refractivity contribution >= 4 is 53.1 Å². The number of sulfone groups is 1. The van der Waals surface area contributed by atoms with E-state index in [2.05, 4.69) is 11.1 Å². The average molecular weight is 586 g/mol. The summed E-state index contributed by atoms with van der Waals surface area (Å²) >= 11 is 0. The Balaban J connectivity index is 1.52. The number of nitrogens with one attached hydrogen (secondary N) is 1. The van der Waals surface area contributed by atoms with Crippen LogP contribution in [0, 0.1) is 0 Å². The van der Waals surface area contributed by atoms with Gasteiger partial charge in [0.1, 0.15) is 5.65 Å². The van der Waals surface area contributed by atoms with E-state index in [4.69, 9.17) is 4.98 Å². The zero-order valence-corrected chi connectivity index (χ0v) is 24.6. The molecule has 0 aliphatic heterocycles. The van der Waals surface area contributed by atoms with Gasteiger partial charge in [0.15, 0.2) is 9.84 Å². The highest BCUT2D eigenvalue weighted by atomic mass is 32.2. The number of rotatable bonds is 7. The molecule has 0 atom stereocenters. The number of sulfonamides is 1. The van der Waals surface area contributed by atoms with Crippen molar-refractivity contribution < 1.29 is 16.8 Å². The lowest BCUT2D eigenvalue weighted by Crippen LogP contribution is -2.24. The minimum Gasteiger partial charge on any atom is -0.339 e. The molecule has 7 nitrogen and oxygen atoms in total. The van der Waals surface area contributed by atoms with Gasteiger partial charge in [-0.05, 0) is 84.3 Å². The number of pyridine rings is 1. The minimum atomic E-state index is -3.51. The first-order valence-corrected chi connectivity index (χ1v) is 17.1. The number of fused-ring (bicyclic) bond motifs is 3. The number of anilines is 1. The molecule has 0 radical (unpaired) electrons. The Morgan fingerprint density at radius 2 is 1.68 bits per heavy atom. The second-order valence-electron chi connectivity index (χ2n) is 10.6. The third-order valence-corrected chi connectivity index (χ3v) is 10.7. The maximum Gasteiger partial charge on any atom is 0.231 e. The van der Waals surface area contributed by atoms with Crippen LogP contribution < -0.4 is 4.31 Å². The number of benzene rings is 3. The Kier molecular flexibility index (Phi) is 6.95. The van der Waals surface area contributed by atoms with Crippen LogP contribution in [0.1, 0.15) is 36.8 Å². The highest BCUT2D eigenvalue weighted by Crippen LogP contribution is 2.41. The quantitative estimate of drug-likeness (QED) is 0.229. The van der Waals surface area contributed by atoms with Crippen molar-refractivity contribution in [3.05, 3.63) is 96.2 Å². The van der Waals surface area contributed by atoms with Crippen LogP contribution in [0.3, 0.4) is 0 Å². The number of aromatic nitrogens is 2. The molecular weight excluding hydrogens is 555 g/mol. The van der Waals surface area contributed by atoms with E-state index in [0.717, 1.165) is 64.3 Å². The molecule has 0 saturated carbocycles. The van der Waals surface area contributed by atoms with Crippen LogP contribution in [0.5, 0.6) is 0 Å². The summed E-state index contributed by atoms with van der Waals surface area (Å²) < 4.78 is 51.7. The maximum absolute atomic E-state index is 13.2. The molecule has 0 fully saturated rings. The van der Waals surface area contributed by atoms with E-state index in [1.807, 2.05) is 36.5 Å². The largest absolute Gasteiger partial charge is 0.339 e. The molecule has 1 N–H and O–H groups in total. The fourth-order valence-electron chi connectivity index (χ4n) is 5.58. The second kappa shape index (κ2) is 10.5. The monoisotopic (exact) mass is 585 g/mol. The molecule has 0 saturated heterocycles. The van der Waals surface area contributed by atoms with E-state index in [1.54, 1.807) is 42.5 Å². The average Bonchev–Trinajstić information content (AvgIpc) is 3.34. The summed E-state index contributed by atoms with van der Waals surface area (Å²) in [6, 6.07) is 21.8. The second-order valence-corrected chi connectivity index (χ2v) is 14.6. The Bertz CT molecular complexity index is 2010. The van der Waals surface area contributed by atoms with Gasteiger partial charge >= 0.3 is 0 Å². The molecule has 0 spiro atoms. The van der Waals surface area contributed by atoms with Gasteiger partial charge in [0.25, 0.3) is 0 Å². The van der Waals surface area contributed by atoms with Crippen LogP contribution in [0.25, 0.3) is 38.6 Å². The summed E-state index contributed by atoms with van der Waals surface area (Å²) in [5.41, 5.74) is 7.18. The Labute approximate surface area is 240 Å². The van der Waals surface area contributed by atoms with Gasteiger partial charge in [-0.3, -0.25) is 4.31 Å². The molecule has 210 valence electrons. The van der Waals surface area contributed by atoms with Crippen molar-refractivity contribution in [3.8, 4) is 11.1 Å². The normalized spacial score (nSPS) is 14.3. The van der Waals surface area contributed by atoms with Crippen LogP contribution in [-0.2, 0) is 25.6 Å². The molecule has 0 amide bonds. The van der Waals surface area contributed by atoms with E-state index in [9.17, 15) is 16.8 Å². The highest BCUT2D eigenvalue weighted by Gasteiger charge is 2.22. The molecule has 5 aromatic rings. The molecule has 41 heavy (non-hydrogen) atoms. The van der Waals surface area contributed by atoms with Crippen LogP contribution >= 0.6 is 0 Å². The van der Waals surface area contributed by atoms with Crippen molar-refractivity contribution in [2.45, 2.75) is 36.3 Å². The third kappa shape index (κ3) is 5.27. The minimum absolute atomic E-state index is 0.0971. The number of allylic oxidation sites excluding steroid dienone is 2. The van der Waals surface area contributed by atoms with E-state index in [1.165, 1.54) is 23.2 Å². The van der Waals surface area contributed by atoms with Gasteiger partial charge in [-0.2, -0.15) is 0 Å². The van der Waals surface area contributed by atoms with E-state index >= 15 is 0 Å². The molecule has 1 aliphatic carbocycles. The summed E-state index contributed by atoms with van der Waals surface area (Å²) in [5.74, 6) is -0.0971. The summed E-state index contributed by atoms with van der Waals surface area (Å²) in [5, 5.41) is 1.91. The Morgan fingerprint density at radius 1 is 0.927 bits per heavy atom. The van der Waals surface area contributed by atoms with Gasteiger partial charge in [0.2, 0.25) is 10.0 Å². The first-order chi connectivity index (χ1) is 19.6. The van der Waals surface area contributed by atoms with Crippen molar-refractivity contribution in [1.82, 2.24) is 9.97 Å². The number of hydrogen-bond acceptors (Lipinski definition) is 5. The van der Waals surface area contributed by atoms with E-state index in [0.29, 0.717) is 16.1 Å². The van der Waals surface area contributed by atoms with E-state index in [-0.39, 0.29) is 5.75 Å². The van der Waals surface area contributed by atoms with Crippen molar-refractivity contribution in [3.63, 3.8) is 0 Å². The first-order valence-electron chi connectivity index (χ1n) is 13.6. The van der Waals surface area contributed by atoms with Gasteiger partial charge in [0.05, 0.1) is 22.6 Å². The SMILES string of the molecule is CN(c1ccc(-c2cnc3[nH]c4ccc(CS(=O)(=O)c5ccccc5)cc4c3c2C2=CCCCC2)cc1)S(C)(=O)=O. The molecule has 0 bridgehead atoms. The molecule has 3 aromatic carbocycles.